The first-order valence-electron chi connectivity index (χ1n) is 11.0. The number of hydrogen-bond donors (Lipinski definition) is 0. The third kappa shape index (κ3) is 6.67. The van der Waals surface area contributed by atoms with Gasteiger partial charge in [-0.3, -0.25) is 9.69 Å². The minimum absolute atomic E-state index is 0.222. The highest BCUT2D eigenvalue weighted by molar-refractivity contribution is 9.10. The predicted molar refractivity (Wildman–Crippen MR) is 141 cm³/mol. The van der Waals surface area contributed by atoms with Crippen LogP contribution >= 0.6 is 27.7 Å². The van der Waals surface area contributed by atoms with Crippen molar-refractivity contribution in [3.8, 4) is 11.5 Å². The van der Waals surface area contributed by atoms with Gasteiger partial charge in [0.05, 0.1) is 41.0 Å². The number of ether oxygens (including phenoxy) is 4. The molecule has 1 saturated heterocycles. The molecule has 36 heavy (non-hydrogen) atoms. The average molecular weight is 577 g/mol. The predicted octanol–water partition coefficient (Wildman–Crippen LogP) is 4.81. The number of rotatable bonds is 9. The number of carbonyl (C=O) groups is 3. The Hall–Kier alpha value is -3.31. The van der Waals surface area contributed by atoms with Crippen LogP contribution in [0.3, 0.4) is 0 Å². The van der Waals surface area contributed by atoms with Gasteiger partial charge in [-0.25, -0.2) is 14.6 Å². The molecule has 11 heteroatoms. The molecular formula is C25H25BrN2O7S. The van der Waals surface area contributed by atoms with Crippen LogP contribution in [0.4, 0.5) is 5.69 Å². The minimum Gasteiger partial charge on any atom is -0.490 e. The van der Waals surface area contributed by atoms with E-state index in [9.17, 15) is 14.4 Å². The van der Waals surface area contributed by atoms with Crippen molar-refractivity contribution < 1.29 is 33.3 Å². The molecule has 0 spiro atoms. The molecule has 1 amide bonds. The Morgan fingerprint density at radius 2 is 1.92 bits per heavy atom. The largest absolute Gasteiger partial charge is 0.490 e. The van der Waals surface area contributed by atoms with E-state index in [2.05, 4.69) is 25.7 Å². The van der Waals surface area contributed by atoms with Gasteiger partial charge >= 0.3 is 11.9 Å². The van der Waals surface area contributed by atoms with E-state index in [1.807, 2.05) is 6.92 Å². The van der Waals surface area contributed by atoms with Crippen molar-refractivity contribution in [2.75, 3.05) is 34.0 Å². The fourth-order valence-corrected chi connectivity index (χ4v) is 4.66. The standard InChI is InChI=1S/C25H25BrN2O7S/c1-5-33-19-11-15(10-18(26)22(19)35-14-21(29)32-4)12-20-23(30)28(3)25(36-20)27-17-9-7-8-16(13-17)24(31)34-6-2/h7-13H,5-6,14H2,1-4H3. The summed E-state index contributed by atoms with van der Waals surface area (Å²) < 4.78 is 21.5. The number of amidine groups is 1. The fourth-order valence-electron chi connectivity index (χ4n) is 3.09. The summed E-state index contributed by atoms with van der Waals surface area (Å²) in [4.78, 5) is 42.9. The van der Waals surface area contributed by atoms with E-state index in [0.29, 0.717) is 49.5 Å². The number of thioether (sulfide) groups is 1. The number of nitrogens with zero attached hydrogens (tertiary/aromatic N) is 2. The molecule has 1 aliphatic heterocycles. The van der Waals surface area contributed by atoms with Crippen LogP contribution in [0.2, 0.25) is 0 Å². The van der Waals surface area contributed by atoms with Crippen LogP contribution in [0.15, 0.2) is 50.8 Å². The zero-order valence-electron chi connectivity index (χ0n) is 20.2. The van der Waals surface area contributed by atoms with Crippen LogP contribution in [-0.2, 0) is 19.1 Å². The van der Waals surface area contributed by atoms with Gasteiger partial charge in [0.15, 0.2) is 23.3 Å². The molecule has 0 radical (unpaired) electrons. The van der Waals surface area contributed by atoms with Crippen LogP contribution in [-0.4, -0.2) is 61.9 Å². The lowest BCUT2D eigenvalue weighted by Crippen LogP contribution is -2.23. The Kier molecular flexibility index (Phi) is 9.54. The number of amides is 1. The zero-order chi connectivity index (χ0) is 26.2. The summed E-state index contributed by atoms with van der Waals surface area (Å²) >= 11 is 4.66. The van der Waals surface area contributed by atoms with Crippen molar-refractivity contribution in [3.05, 3.63) is 56.9 Å². The van der Waals surface area contributed by atoms with Crippen molar-refractivity contribution >= 4 is 62.5 Å². The Morgan fingerprint density at radius 3 is 2.61 bits per heavy atom. The van der Waals surface area contributed by atoms with Gasteiger partial charge in [0.2, 0.25) is 0 Å². The second-order valence-corrected chi connectivity index (χ2v) is 9.13. The molecule has 2 aromatic carbocycles. The number of benzene rings is 2. The van der Waals surface area contributed by atoms with Crippen LogP contribution in [0, 0.1) is 0 Å². The lowest BCUT2D eigenvalue weighted by molar-refractivity contribution is -0.143. The van der Waals surface area contributed by atoms with Crippen molar-refractivity contribution in [2.45, 2.75) is 13.8 Å². The third-order valence-corrected chi connectivity index (χ3v) is 6.43. The molecule has 1 heterocycles. The monoisotopic (exact) mass is 576 g/mol. The summed E-state index contributed by atoms with van der Waals surface area (Å²) in [5.41, 5.74) is 1.59. The molecule has 0 atom stereocenters. The summed E-state index contributed by atoms with van der Waals surface area (Å²) in [6, 6.07) is 10.2. The summed E-state index contributed by atoms with van der Waals surface area (Å²) in [6.45, 7) is 3.95. The van der Waals surface area contributed by atoms with Crippen molar-refractivity contribution in [1.82, 2.24) is 4.90 Å². The zero-order valence-corrected chi connectivity index (χ0v) is 22.6. The maximum absolute atomic E-state index is 12.9. The molecule has 190 valence electrons. The van der Waals surface area contributed by atoms with Crippen LogP contribution in [0.5, 0.6) is 11.5 Å². The highest BCUT2D eigenvalue weighted by Crippen LogP contribution is 2.39. The summed E-state index contributed by atoms with van der Waals surface area (Å²) in [5.74, 6) is -0.406. The van der Waals surface area contributed by atoms with Crippen molar-refractivity contribution in [1.29, 1.82) is 0 Å². The van der Waals surface area contributed by atoms with Gasteiger partial charge in [-0.2, -0.15) is 0 Å². The van der Waals surface area contributed by atoms with Crippen LogP contribution < -0.4 is 9.47 Å². The molecule has 0 aromatic heterocycles. The highest BCUT2D eigenvalue weighted by atomic mass is 79.9. The lowest BCUT2D eigenvalue weighted by Gasteiger charge is -2.14. The van der Waals surface area contributed by atoms with E-state index in [0.717, 1.165) is 0 Å². The van der Waals surface area contributed by atoms with Gasteiger partial charge in [-0.05, 0) is 83.5 Å². The quantitative estimate of drug-likeness (QED) is 0.309. The number of esters is 2. The second-order valence-electron chi connectivity index (χ2n) is 7.27. The number of methoxy groups -OCH3 is 1. The molecule has 0 unspecified atom stereocenters. The molecule has 1 fully saturated rings. The molecule has 9 nitrogen and oxygen atoms in total. The number of halogens is 1. The lowest BCUT2D eigenvalue weighted by atomic mass is 10.2. The number of carbonyl (C=O) groups excluding carboxylic acids is 3. The van der Waals surface area contributed by atoms with E-state index < -0.39 is 11.9 Å². The minimum atomic E-state index is -0.522. The second kappa shape index (κ2) is 12.6. The van der Waals surface area contributed by atoms with E-state index in [-0.39, 0.29) is 19.1 Å². The van der Waals surface area contributed by atoms with Gasteiger partial charge in [0.1, 0.15) is 0 Å². The molecule has 2 aromatic rings. The van der Waals surface area contributed by atoms with E-state index >= 15 is 0 Å². The van der Waals surface area contributed by atoms with E-state index in [1.54, 1.807) is 56.4 Å². The fraction of sp³-hybridized carbons (Fsp3) is 0.280. The molecule has 1 aliphatic rings. The number of likely N-dealkylation sites (N-methyl/N-ethyl adjacent to an activating group) is 1. The normalized spacial score (nSPS) is 15.4. The smallest absolute Gasteiger partial charge is 0.343 e. The molecule has 0 saturated carbocycles. The highest BCUT2D eigenvalue weighted by Gasteiger charge is 2.30. The average Bonchev–Trinajstić information content (AvgIpc) is 3.11. The maximum Gasteiger partial charge on any atom is 0.343 e. The Bertz CT molecular complexity index is 1230. The maximum atomic E-state index is 12.9. The molecule has 0 N–H and O–H groups in total. The van der Waals surface area contributed by atoms with Crippen LogP contribution in [0.25, 0.3) is 6.08 Å². The molecule has 3 rings (SSSR count). The van der Waals surface area contributed by atoms with E-state index in [4.69, 9.17) is 14.2 Å². The van der Waals surface area contributed by atoms with Gasteiger partial charge in [0, 0.05) is 7.05 Å². The first kappa shape index (κ1) is 27.3. The summed E-state index contributed by atoms with van der Waals surface area (Å²) in [5, 5.41) is 0.467. The van der Waals surface area contributed by atoms with Gasteiger partial charge in [0.25, 0.3) is 5.91 Å². The Balaban J connectivity index is 1.88. The first-order chi connectivity index (χ1) is 17.3. The molecule has 0 bridgehead atoms. The number of hydrogen-bond acceptors (Lipinski definition) is 9. The van der Waals surface area contributed by atoms with E-state index in [1.165, 1.54) is 23.8 Å². The molecular weight excluding hydrogens is 552 g/mol. The third-order valence-electron chi connectivity index (χ3n) is 4.78. The SMILES string of the molecule is CCOC(=O)c1cccc(N=C2SC(=Cc3cc(Br)c(OCC(=O)OC)c(OCC)c3)C(=O)N2C)c1. The van der Waals surface area contributed by atoms with Crippen molar-refractivity contribution in [2.24, 2.45) is 4.99 Å². The molecule has 0 aliphatic carbocycles. The van der Waals surface area contributed by atoms with Gasteiger partial charge in [-0.1, -0.05) is 6.07 Å². The summed E-state index contributed by atoms with van der Waals surface area (Å²) in [7, 11) is 2.91. The Labute approximate surface area is 221 Å². The number of aliphatic imine (C=N–C) groups is 1. The van der Waals surface area contributed by atoms with Crippen LogP contribution in [0.1, 0.15) is 29.8 Å². The van der Waals surface area contributed by atoms with Crippen molar-refractivity contribution in [3.63, 3.8) is 0 Å². The van der Waals surface area contributed by atoms with Gasteiger partial charge in [-0.15, -0.1) is 0 Å². The summed E-state index contributed by atoms with van der Waals surface area (Å²) in [6.07, 6.45) is 1.72. The van der Waals surface area contributed by atoms with Gasteiger partial charge < -0.3 is 18.9 Å². The first-order valence-corrected chi connectivity index (χ1v) is 12.6. The Morgan fingerprint density at radius 1 is 1.14 bits per heavy atom. The topological polar surface area (TPSA) is 104 Å².